The van der Waals surface area contributed by atoms with Crippen molar-refractivity contribution in [2.45, 2.75) is 6.92 Å². The van der Waals surface area contributed by atoms with Crippen LogP contribution in [0.15, 0.2) is 40.4 Å². The van der Waals surface area contributed by atoms with E-state index in [1.165, 1.54) is 10.4 Å². The number of aryl methyl sites for hydroxylation is 1. The predicted molar refractivity (Wildman–Crippen MR) is 70.9 cm³/mol. The van der Waals surface area contributed by atoms with Crippen LogP contribution in [0.1, 0.15) is 5.56 Å². The highest BCUT2D eigenvalue weighted by atomic mass is 79.9. The van der Waals surface area contributed by atoms with Crippen molar-refractivity contribution in [3.8, 4) is 10.6 Å². The molecule has 80 valence electrons. The molecule has 16 heavy (non-hydrogen) atoms. The number of pyridine rings is 1. The van der Waals surface area contributed by atoms with Crippen LogP contribution in [-0.4, -0.2) is 9.38 Å². The van der Waals surface area contributed by atoms with Crippen LogP contribution >= 0.6 is 27.3 Å². The Balaban J connectivity index is 2.23. The fourth-order valence-corrected chi connectivity index (χ4v) is 2.66. The maximum absolute atomic E-state index is 4.61. The number of imidazole rings is 1. The van der Waals surface area contributed by atoms with E-state index < -0.39 is 0 Å². The van der Waals surface area contributed by atoms with Gasteiger partial charge in [0.15, 0.2) is 0 Å². The first-order valence-corrected chi connectivity index (χ1v) is 6.60. The van der Waals surface area contributed by atoms with Crippen molar-refractivity contribution in [2.75, 3.05) is 0 Å². The summed E-state index contributed by atoms with van der Waals surface area (Å²) in [6, 6.07) is 6.22. The van der Waals surface area contributed by atoms with Crippen LogP contribution in [0.25, 0.3) is 16.2 Å². The number of nitrogens with zero attached hydrogens (tertiary/aromatic N) is 2. The van der Waals surface area contributed by atoms with Gasteiger partial charge in [-0.15, -0.1) is 11.3 Å². The van der Waals surface area contributed by atoms with Crippen molar-refractivity contribution in [2.24, 2.45) is 0 Å². The monoisotopic (exact) mass is 292 g/mol. The van der Waals surface area contributed by atoms with Crippen molar-refractivity contribution in [3.05, 3.63) is 46.0 Å². The van der Waals surface area contributed by atoms with Crippen LogP contribution < -0.4 is 0 Å². The average Bonchev–Trinajstić information content (AvgIpc) is 2.86. The highest BCUT2D eigenvalue weighted by molar-refractivity contribution is 9.10. The molecule has 3 heterocycles. The maximum Gasteiger partial charge on any atom is 0.137 e. The summed E-state index contributed by atoms with van der Waals surface area (Å²) in [7, 11) is 0. The number of rotatable bonds is 1. The van der Waals surface area contributed by atoms with Crippen molar-refractivity contribution in [1.29, 1.82) is 0 Å². The minimum atomic E-state index is 0.990. The minimum absolute atomic E-state index is 0.990. The van der Waals surface area contributed by atoms with Gasteiger partial charge < -0.3 is 4.40 Å². The SMILES string of the molecule is Cc1cc2nc(-c3cccs3)cn2cc1Br. The van der Waals surface area contributed by atoms with Gasteiger partial charge in [-0.05, 0) is 45.9 Å². The summed E-state index contributed by atoms with van der Waals surface area (Å²) in [5.41, 5.74) is 3.23. The molecule has 0 saturated carbocycles. The minimum Gasteiger partial charge on any atom is -0.305 e. The first kappa shape index (κ1) is 10.1. The highest BCUT2D eigenvalue weighted by Gasteiger charge is 2.06. The highest BCUT2D eigenvalue weighted by Crippen LogP contribution is 2.25. The second kappa shape index (κ2) is 3.71. The molecule has 0 spiro atoms. The van der Waals surface area contributed by atoms with Gasteiger partial charge in [0, 0.05) is 16.9 Å². The first-order valence-electron chi connectivity index (χ1n) is 4.93. The lowest BCUT2D eigenvalue weighted by Gasteiger charge is -1.98. The van der Waals surface area contributed by atoms with E-state index in [2.05, 4.69) is 57.7 Å². The number of fused-ring (bicyclic) bond motifs is 1. The molecule has 0 unspecified atom stereocenters. The molecular formula is C12H9BrN2S. The standard InChI is InChI=1S/C12H9BrN2S/c1-8-5-12-14-10(11-3-2-4-16-11)7-15(12)6-9(8)13/h2-7H,1H3. The van der Waals surface area contributed by atoms with Gasteiger partial charge >= 0.3 is 0 Å². The van der Waals surface area contributed by atoms with Crippen molar-refractivity contribution in [1.82, 2.24) is 9.38 Å². The zero-order valence-corrected chi connectivity index (χ0v) is 11.0. The Morgan fingerprint density at radius 2 is 2.25 bits per heavy atom. The summed E-state index contributed by atoms with van der Waals surface area (Å²) < 4.78 is 3.15. The molecule has 0 bridgehead atoms. The van der Waals surface area contributed by atoms with E-state index in [-0.39, 0.29) is 0 Å². The van der Waals surface area contributed by atoms with Crippen LogP contribution in [-0.2, 0) is 0 Å². The predicted octanol–water partition coefficient (Wildman–Crippen LogP) is 4.13. The molecule has 0 aliphatic carbocycles. The fraction of sp³-hybridized carbons (Fsp3) is 0.0833. The van der Waals surface area contributed by atoms with Gasteiger partial charge in [-0.3, -0.25) is 0 Å². The molecule has 0 N–H and O–H groups in total. The Hall–Kier alpha value is -1.13. The Labute approximate surface area is 106 Å². The molecule has 0 aliphatic rings. The summed E-state index contributed by atoms with van der Waals surface area (Å²) in [6.45, 7) is 2.07. The quantitative estimate of drug-likeness (QED) is 0.659. The third-order valence-corrected chi connectivity index (χ3v) is 4.23. The average molecular weight is 293 g/mol. The number of hydrogen-bond donors (Lipinski definition) is 0. The Morgan fingerprint density at radius 3 is 3.00 bits per heavy atom. The Bertz CT molecular complexity index is 601. The zero-order valence-electron chi connectivity index (χ0n) is 8.64. The van der Waals surface area contributed by atoms with E-state index in [1.807, 2.05) is 10.5 Å². The second-order valence-electron chi connectivity index (χ2n) is 3.67. The summed E-state index contributed by atoms with van der Waals surface area (Å²) in [5, 5.41) is 2.07. The van der Waals surface area contributed by atoms with Gasteiger partial charge in [-0.1, -0.05) is 6.07 Å². The number of halogens is 1. The van der Waals surface area contributed by atoms with Gasteiger partial charge in [-0.25, -0.2) is 4.98 Å². The van der Waals surface area contributed by atoms with Crippen LogP contribution in [0, 0.1) is 6.92 Å². The molecule has 3 aromatic heterocycles. The topological polar surface area (TPSA) is 17.3 Å². The lowest BCUT2D eigenvalue weighted by Crippen LogP contribution is -1.85. The Morgan fingerprint density at radius 1 is 1.38 bits per heavy atom. The molecule has 0 amide bonds. The third-order valence-electron chi connectivity index (χ3n) is 2.51. The van der Waals surface area contributed by atoms with Crippen molar-refractivity contribution >= 4 is 32.9 Å². The van der Waals surface area contributed by atoms with E-state index in [0.717, 1.165) is 15.8 Å². The van der Waals surface area contributed by atoms with E-state index >= 15 is 0 Å². The molecule has 0 radical (unpaired) electrons. The molecule has 0 aromatic carbocycles. The lowest BCUT2D eigenvalue weighted by atomic mass is 10.3. The normalized spacial score (nSPS) is 11.1. The summed E-state index contributed by atoms with van der Waals surface area (Å²) in [6.07, 6.45) is 4.11. The lowest BCUT2D eigenvalue weighted by molar-refractivity contribution is 1.16. The molecule has 4 heteroatoms. The fourth-order valence-electron chi connectivity index (χ4n) is 1.65. The molecule has 0 atom stereocenters. The smallest absolute Gasteiger partial charge is 0.137 e. The van der Waals surface area contributed by atoms with Crippen LogP contribution in [0.2, 0.25) is 0 Å². The largest absolute Gasteiger partial charge is 0.305 e. The number of thiophene rings is 1. The molecule has 2 nitrogen and oxygen atoms in total. The summed E-state index contributed by atoms with van der Waals surface area (Å²) in [5.74, 6) is 0. The summed E-state index contributed by atoms with van der Waals surface area (Å²) in [4.78, 5) is 5.82. The van der Waals surface area contributed by atoms with Crippen LogP contribution in [0.4, 0.5) is 0 Å². The molecule has 0 fully saturated rings. The molecule has 3 aromatic rings. The van der Waals surface area contributed by atoms with Gasteiger partial charge in [0.1, 0.15) is 5.65 Å². The molecular weight excluding hydrogens is 284 g/mol. The van der Waals surface area contributed by atoms with Gasteiger partial charge in [0.2, 0.25) is 0 Å². The van der Waals surface area contributed by atoms with Crippen LogP contribution in [0.5, 0.6) is 0 Å². The van der Waals surface area contributed by atoms with Gasteiger partial charge in [-0.2, -0.15) is 0 Å². The number of hydrogen-bond acceptors (Lipinski definition) is 2. The van der Waals surface area contributed by atoms with E-state index in [0.29, 0.717) is 0 Å². The van der Waals surface area contributed by atoms with E-state index in [1.54, 1.807) is 11.3 Å². The van der Waals surface area contributed by atoms with Crippen molar-refractivity contribution in [3.63, 3.8) is 0 Å². The maximum atomic E-state index is 4.61. The second-order valence-corrected chi connectivity index (χ2v) is 5.48. The van der Waals surface area contributed by atoms with Gasteiger partial charge in [0.25, 0.3) is 0 Å². The first-order chi connectivity index (χ1) is 7.74. The molecule has 3 rings (SSSR count). The molecule has 0 saturated heterocycles. The van der Waals surface area contributed by atoms with Crippen LogP contribution in [0.3, 0.4) is 0 Å². The van der Waals surface area contributed by atoms with Gasteiger partial charge in [0.05, 0.1) is 10.6 Å². The van der Waals surface area contributed by atoms with Crippen molar-refractivity contribution < 1.29 is 0 Å². The summed E-state index contributed by atoms with van der Waals surface area (Å²) >= 11 is 5.24. The van der Waals surface area contributed by atoms with E-state index in [9.17, 15) is 0 Å². The Kier molecular flexibility index (Phi) is 2.33. The third kappa shape index (κ3) is 1.58. The van der Waals surface area contributed by atoms with E-state index in [4.69, 9.17) is 0 Å². The zero-order chi connectivity index (χ0) is 11.1. The number of aromatic nitrogens is 2. The molecule has 0 aliphatic heterocycles.